The first-order valence-electron chi connectivity index (χ1n) is 8.24. The van der Waals surface area contributed by atoms with Crippen molar-refractivity contribution >= 4 is 0 Å². The van der Waals surface area contributed by atoms with Gasteiger partial charge >= 0.3 is 0 Å². The van der Waals surface area contributed by atoms with Crippen LogP contribution in [-0.2, 0) is 0 Å². The molecule has 0 radical (unpaired) electrons. The number of piperidine rings is 1. The molecule has 2 heteroatoms. The minimum atomic E-state index is -0.105. The second kappa shape index (κ2) is 5.73. The Bertz CT molecular complexity index is 296. The van der Waals surface area contributed by atoms with Crippen molar-refractivity contribution < 1.29 is 5.11 Å². The van der Waals surface area contributed by atoms with Gasteiger partial charge < -0.3 is 5.11 Å². The van der Waals surface area contributed by atoms with Crippen LogP contribution in [0.2, 0.25) is 0 Å². The number of rotatable bonds is 1. The van der Waals surface area contributed by atoms with Gasteiger partial charge in [-0.1, -0.05) is 27.7 Å². The molecule has 1 aliphatic carbocycles. The smallest absolute Gasteiger partial charge is 0.0695 e. The normalized spacial score (nSPS) is 42.3. The first-order chi connectivity index (χ1) is 8.80. The van der Waals surface area contributed by atoms with Crippen molar-refractivity contribution in [2.45, 2.75) is 84.9 Å². The lowest BCUT2D eigenvalue weighted by Crippen LogP contribution is -2.55. The van der Waals surface area contributed by atoms with E-state index in [1.807, 2.05) is 0 Å². The Labute approximate surface area is 119 Å². The van der Waals surface area contributed by atoms with Gasteiger partial charge in [-0.3, -0.25) is 4.90 Å². The molecule has 1 saturated heterocycles. The van der Waals surface area contributed by atoms with Gasteiger partial charge in [0.25, 0.3) is 0 Å². The molecule has 2 nitrogen and oxygen atoms in total. The zero-order valence-corrected chi connectivity index (χ0v) is 13.5. The fourth-order valence-corrected chi connectivity index (χ4v) is 4.11. The number of aliphatic hydroxyl groups excluding tert-OH is 1. The molecular formula is C17H33NO. The molecule has 112 valence electrons. The van der Waals surface area contributed by atoms with E-state index in [4.69, 9.17) is 0 Å². The van der Waals surface area contributed by atoms with Gasteiger partial charge in [-0.2, -0.15) is 0 Å². The predicted octanol–water partition coefficient (Wildman–Crippen LogP) is 3.68. The summed E-state index contributed by atoms with van der Waals surface area (Å²) in [5.41, 5.74) is 0.378. The monoisotopic (exact) mass is 267 g/mol. The minimum absolute atomic E-state index is 0.105. The third-order valence-corrected chi connectivity index (χ3v) is 5.85. The van der Waals surface area contributed by atoms with Gasteiger partial charge in [-0.15, -0.1) is 0 Å². The van der Waals surface area contributed by atoms with E-state index in [1.165, 1.54) is 32.2 Å². The molecule has 2 fully saturated rings. The van der Waals surface area contributed by atoms with Gasteiger partial charge in [0.2, 0.25) is 0 Å². The van der Waals surface area contributed by atoms with Gasteiger partial charge in [0.05, 0.1) is 6.10 Å². The fraction of sp³-hybridized carbons (Fsp3) is 1.00. The standard InChI is InChI=1S/C17H33NO/c1-12-7-6-10-18(13(12)2)15-11-14(17(3,4)5)8-9-16(15)19/h12-16,19H,6-11H2,1-5H3. The number of hydrogen-bond donors (Lipinski definition) is 1. The van der Waals surface area contributed by atoms with Gasteiger partial charge in [-0.05, 0) is 62.8 Å². The largest absolute Gasteiger partial charge is 0.391 e. The molecule has 1 N–H and O–H groups in total. The van der Waals surface area contributed by atoms with E-state index in [1.54, 1.807) is 0 Å². The van der Waals surface area contributed by atoms with Crippen LogP contribution < -0.4 is 0 Å². The van der Waals surface area contributed by atoms with Crippen LogP contribution >= 0.6 is 0 Å². The lowest BCUT2D eigenvalue weighted by atomic mass is 9.69. The molecular weight excluding hydrogens is 234 g/mol. The second-order valence-corrected chi connectivity index (χ2v) is 8.11. The van der Waals surface area contributed by atoms with Crippen LogP contribution in [0.1, 0.15) is 66.7 Å². The molecule has 19 heavy (non-hydrogen) atoms. The van der Waals surface area contributed by atoms with E-state index < -0.39 is 0 Å². The van der Waals surface area contributed by atoms with Crippen LogP contribution in [0.4, 0.5) is 0 Å². The average Bonchev–Trinajstić information content (AvgIpc) is 2.32. The molecule has 0 aromatic carbocycles. The van der Waals surface area contributed by atoms with E-state index in [0.717, 1.165) is 18.3 Å². The molecule has 5 unspecified atom stereocenters. The first-order valence-corrected chi connectivity index (χ1v) is 8.24. The number of hydrogen-bond acceptors (Lipinski definition) is 2. The van der Waals surface area contributed by atoms with E-state index in [2.05, 4.69) is 39.5 Å². The Morgan fingerprint density at radius 1 is 1.05 bits per heavy atom. The van der Waals surface area contributed by atoms with Crippen molar-refractivity contribution in [1.29, 1.82) is 0 Å². The Hall–Kier alpha value is -0.0800. The summed E-state index contributed by atoms with van der Waals surface area (Å²) in [7, 11) is 0. The summed E-state index contributed by atoms with van der Waals surface area (Å²) in [6.45, 7) is 13.0. The fourth-order valence-electron chi connectivity index (χ4n) is 4.11. The zero-order chi connectivity index (χ0) is 14.2. The topological polar surface area (TPSA) is 23.5 Å². The van der Waals surface area contributed by atoms with Crippen LogP contribution in [-0.4, -0.2) is 34.7 Å². The highest BCUT2D eigenvalue weighted by Gasteiger charge is 2.40. The van der Waals surface area contributed by atoms with Crippen LogP contribution in [0, 0.1) is 17.3 Å². The summed E-state index contributed by atoms with van der Waals surface area (Å²) in [6.07, 6.45) is 5.91. The van der Waals surface area contributed by atoms with Crippen molar-refractivity contribution in [2.75, 3.05) is 6.54 Å². The third-order valence-electron chi connectivity index (χ3n) is 5.85. The van der Waals surface area contributed by atoms with E-state index in [-0.39, 0.29) is 6.10 Å². The Morgan fingerprint density at radius 2 is 1.74 bits per heavy atom. The quantitative estimate of drug-likeness (QED) is 0.783. The highest BCUT2D eigenvalue weighted by molar-refractivity contribution is 4.94. The summed E-state index contributed by atoms with van der Waals surface area (Å²) in [5, 5.41) is 10.5. The molecule has 0 bridgehead atoms. The minimum Gasteiger partial charge on any atom is -0.391 e. The van der Waals surface area contributed by atoms with Crippen molar-refractivity contribution in [3.8, 4) is 0 Å². The summed E-state index contributed by atoms with van der Waals surface area (Å²) < 4.78 is 0. The number of aliphatic hydroxyl groups is 1. The summed E-state index contributed by atoms with van der Waals surface area (Å²) in [5.74, 6) is 1.53. The molecule has 0 aromatic heterocycles. The van der Waals surface area contributed by atoms with Gasteiger partial charge in [-0.25, -0.2) is 0 Å². The Kier molecular flexibility index (Phi) is 4.62. The van der Waals surface area contributed by atoms with Crippen molar-refractivity contribution in [2.24, 2.45) is 17.3 Å². The van der Waals surface area contributed by atoms with Crippen molar-refractivity contribution in [3.05, 3.63) is 0 Å². The molecule has 1 saturated carbocycles. The molecule has 1 aliphatic heterocycles. The number of likely N-dealkylation sites (tertiary alicyclic amines) is 1. The maximum Gasteiger partial charge on any atom is 0.0695 e. The second-order valence-electron chi connectivity index (χ2n) is 8.11. The Balaban J connectivity index is 2.08. The molecule has 5 atom stereocenters. The summed E-state index contributed by atoms with van der Waals surface area (Å²) >= 11 is 0. The van der Waals surface area contributed by atoms with Gasteiger partial charge in [0.15, 0.2) is 0 Å². The molecule has 0 spiro atoms. The summed E-state index contributed by atoms with van der Waals surface area (Å²) in [4.78, 5) is 2.62. The zero-order valence-electron chi connectivity index (χ0n) is 13.5. The number of nitrogens with zero attached hydrogens (tertiary/aromatic N) is 1. The van der Waals surface area contributed by atoms with Crippen LogP contribution in [0.15, 0.2) is 0 Å². The molecule has 0 amide bonds. The Morgan fingerprint density at radius 3 is 2.37 bits per heavy atom. The first kappa shape index (κ1) is 15.3. The maximum atomic E-state index is 10.5. The van der Waals surface area contributed by atoms with Gasteiger partial charge in [0.1, 0.15) is 0 Å². The SMILES string of the molecule is CC1CCCN(C2CC(C(C)(C)C)CCC2O)C1C. The highest BCUT2D eigenvalue weighted by atomic mass is 16.3. The van der Waals surface area contributed by atoms with Crippen molar-refractivity contribution in [1.82, 2.24) is 4.90 Å². The predicted molar refractivity (Wildman–Crippen MR) is 81.2 cm³/mol. The molecule has 0 aromatic rings. The average molecular weight is 267 g/mol. The van der Waals surface area contributed by atoms with Gasteiger partial charge in [0, 0.05) is 12.1 Å². The maximum absolute atomic E-state index is 10.5. The van der Waals surface area contributed by atoms with Crippen LogP contribution in [0.25, 0.3) is 0 Å². The molecule has 2 rings (SSSR count). The highest BCUT2D eigenvalue weighted by Crippen LogP contribution is 2.41. The lowest BCUT2D eigenvalue weighted by Gasteiger charge is -2.49. The molecule has 2 aliphatic rings. The molecule has 1 heterocycles. The van der Waals surface area contributed by atoms with E-state index in [0.29, 0.717) is 17.5 Å². The van der Waals surface area contributed by atoms with E-state index in [9.17, 15) is 5.11 Å². The van der Waals surface area contributed by atoms with Crippen LogP contribution in [0.3, 0.4) is 0 Å². The van der Waals surface area contributed by atoms with Crippen LogP contribution in [0.5, 0.6) is 0 Å². The van der Waals surface area contributed by atoms with Crippen molar-refractivity contribution in [3.63, 3.8) is 0 Å². The third kappa shape index (κ3) is 3.33. The summed E-state index contributed by atoms with van der Waals surface area (Å²) in [6, 6.07) is 1.03. The van der Waals surface area contributed by atoms with E-state index >= 15 is 0 Å². The lowest BCUT2D eigenvalue weighted by molar-refractivity contribution is -0.0504.